The van der Waals surface area contributed by atoms with Crippen molar-refractivity contribution in [3.05, 3.63) is 12.2 Å². The quantitative estimate of drug-likeness (QED) is 0.0361. The van der Waals surface area contributed by atoms with Crippen molar-refractivity contribution in [2.75, 3.05) is 6.61 Å². The lowest BCUT2D eigenvalue weighted by molar-refractivity contribution is -0.124. The molecule has 1 amide bonds. The van der Waals surface area contributed by atoms with Gasteiger partial charge >= 0.3 is 0 Å². The Morgan fingerprint density at radius 3 is 0.817 bits per heavy atom. The van der Waals surface area contributed by atoms with E-state index < -0.39 is 18.2 Å². The molecule has 0 aliphatic rings. The zero-order chi connectivity index (χ0) is 51.4. The minimum Gasteiger partial charge on any atom is -0.394 e. The van der Waals surface area contributed by atoms with Crippen LogP contribution < -0.4 is 5.32 Å². The number of hydrogen-bond donors (Lipinski definition) is 4. The summed E-state index contributed by atoms with van der Waals surface area (Å²) in [5, 5.41) is 33.6. The summed E-state index contributed by atoms with van der Waals surface area (Å²) in [6, 6.07) is -0.742. The van der Waals surface area contributed by atoms with Crippen LogP contribution in [0.2, 0.25) is 0 Å². The van der Waals surface area contributed by atoms with Crippen molar-refractivity contribution in [1.29, 1.82) is 0 Å². The number of carbonyl (C=O) groups excluding carboxylic acids is 1. The lowest BCUT2D eigenvalue weighted by Crippen LogP contribution is -2.45. The average Bonchev–Trinajstić information content (AvgIpc) is 3.37. The van der Waals surface area contributed by atoms with Gasteiger partial charge in [0.1, 0.15) is 0 Å². The number of amides is 1. The summed E-state index contributed by atoms with van der Waals surface area (Å²) in [5.41, 5.74) is 0. The number of aliphatic hydroxyl groups excluding tert-OH is 3. The highest BCUT2D eigenvalue weighted by atomic mass is 16.3. The molecule has 0 spiro atoms. The summed E-state index contributed by atoms with van der Waals surface area (Å²) >= 11 is 0. The van der Waals surface area contributed by atoms with Gasteiger partial charge in [-0.3, -0.25) is 4.79 Å². The van der Waals surface area contributed by atoms with Crippen LogP contribution in [0.5, 0.6) is 0 Å². The second-order valence-corrected chi connectivity index (χ2v) is 23.1. The van der Waals surface area contributed by atoms with Crippen LogP contribution >= 0.6 is 0 Å². The molecule has 0 saturated carbocycles. The summed E-state index contributed by atoms with van der Waals surface area (Å²) in [7, 11) is 0. The number of unbranched alkanes of at least 4 members (excludes halogenated alkanes) is 53. The van der Waals surface area contributed by atoms with E-state index in [4.69, 9.17) is 0 Å². The Kier molecular flexibility index (Phi) is 60.8. The summed E-state index contributed by atoms with van der Waals surface area (Å²) < 4.78 is 0. The van der Waals surface area contributed by atoms with Gasteiger partial charge in [0.25, 0.3) is 0 Å². The van der Waals surface area contributed by atoms with Gasteiger partial charge in [-0.25, -0.2) is 0 Å². The molecule has 424 valence electrons. The van der Waals surface area contributed by atoms with Crippen LogP contribution in [0.1, 0.15) is 380 Å². The van der Waals surface area contributed by atoms with Gasteiger partial charge in [-0.2, -0.15) is 0 Å². The van der Waals surface area contributed by atoms with Gasteiger partial charge in [-0.15, -0.1) is 0 Å². The van der Waals surface area contributed by atoms with Crippen molar-refractivity contribution in [2.45, 2.75) is 398 Å². The van der Waals surface area contributed by atoms with Gasteiger partial charge in [0.15, 0.2) is 0 Å². The predicted octanol–water partition coefficient (Wildman–Crippen LogP) is 21.0. The van der Waals surface area contributed by atoms with Crippen LogP contribution in [0.3, 0.4) is 0 Å². The van der Waals surface area contributed by atoms with Gasteiger partial charge in [0, 0.05) is 0 Å². The van der Waals surface area contributed by atoms with E-state index in [0.717, 1.165) is 25.7 Å². The molecule has 0 aromatic carbocycles. The van der Waals surface area contributed by atoms with Gasteiger partial charge in [-0.05, 0) is 19.3 Å². The molecule has 0 bridgehead atoms. The van der Waals surface area contributed by atoms with Crippen molar-refractivity contribution in [2.24, 2.45) is 0 Å². The first-order valence-corrected chi connectivity index (χ1v) is 33.0. The first-order chi connectivity index (χ1) is 35.0. The molecule has 0 aliphatic heterocycles. The Labute approximate surface area is 446 Å². The topological polar surface area (TPSA) is 89.8 Å². The fraction of sp³-hybridized carbons (Fsp3) is 0.955. The fourth-order valence-corrected chi connectivity index (χ4v) is 10.8. The number of aliphatic hydroxyl groups is 3. The summed E-state index contributed by atoms with van der Waals surface area (Å²) in [4.78, 5) is 12.6. The Bertz CT molecular complexity index is 1020. The largest absolute Gasteiger partial charge is 0.394 e. The highest BCUT2D eigenvalue weighted by Gasteiger charge is 2.20. The van der Waals surface area contributed by atoms with Crippen LogP contribution in [0.4, 0.5) is 0 Å². The molecule has 3 atom stereocenters. The van der Waals surface area contributed by atoms with Crippen molar-refractivity contribution in [1.82, 2.24) is 5.32 Å². The number of nitrogens with one attached hydrogen (secondary N) is 1. The second kappa shape index (κ2) is 61.6. The average molecular weight is 1000 g/mol. The molecular weight excluding hydrogens is 871 g/mol. The number of allylic oxidation sites excluding steroid dienone is 1. The van der Waals surface area contributed by atoms with Gasteiger partial charge in [-0.1, -0.05) is 366 Å². The Balaban J connectivity index is 3.46. The van der Waals surface area contributed by atoms with Gasteiger partial charge in [0.2, 0.25) is 5.91 Å². The van der Waals surface area contributed by atoms with Gasteiger partial charge < -0.3 is 20.6 Å². The van der Waals surface area contributed by atoms with E-state index in [0.29, 0.717) is 6.42 Å². The molecule has 0 aromatic heterocycles. The standard InChI is InChI=1S/C66H131NO4/c1-3-5-7-9-11-13-15-17-19-21-23-25-27-28-29-30-31-32-33-34-35-36-38-39-41-43-45-47-49-51-53-55-57-59-63(69)61-66(71)67-64(62-68)65(70)60-58-56-54-52-50-48-46-44-42-40-37-26-24-22-20-18-16-14-12-10-8-6-4-2/h58,60,63-65,68-70H,3-57,59,61-62H2,1-2H3,(H,67,71)/b60-58+. The first kappa shape index (κ1) is 70.1. The van der Waals surface area contributed by atoms with E-state index in [2.05, 4.69) is 19.2 Å². The number of hydrogen-bond acceptors (Lipinski definition) is 4. The van der Waals surface area contributed by atoms with Crippen molar-refractivity contribution >= 4 is 5.91 Å². The molecule has 0 rings (SSSR count). The summed E-state index contributed by atoms with van der Waals surface area (Å²) in [6.07, 6.45) is 78.8. The molecule has 5 nitrogen and oxygen atoms in total. The van der Waals surface area contributed by atoms with Crippen LogP contribution in [0.15, 0.2) is 12.2 Å². The minimum atomic E-state index is -0.927. The predicted molar refractivity (Wildman–Crippen MR) is 315 cm³/mol. The Hall–Kier alpha value is -0.910. The lowest BCUT2D eigenvalue weighted by atomic mass is 10.0. The van der Waals surface area contributed by atoms with Crippen LogP contribution in [0, 0.1) is 0 Å². The van der Waals surface area contributed by atoms with E-state index in [-0.39, 0.29) is 18.9 Å². The van der Waals surface area contributed by atoms with E-state index in [1.54, 1.807) is 6.08 Å². The smallest absolute Gasteiger partial charge is 0.222 e. The maximum Gasteiger partial charge on any atom is 0.222 e. The maximum absolute atomic E-state index is 12.6. The second-order valence-electron chi connectivity index (χ2n) is 23.1. The third kappa shape index (κ3) is 58.2. The molecule has 5 heteroatoms. The van der Waals surface area contributed by atoms with Crippen molar-refractivity contribution < 1.29 is 20.1 Å². The van der Waals surface area contributed by atoms with Crippen LogP contribution in [0.25, 0.3) is 0 Å². The zero-order valence-electron chi connectivity index (χ0n) is 48.6. The van der Waals surface area contributed by atoms with Crippen molar-refractivity contribution in [3.8, 4) is 0 Å². The van der Waals surface area contributed by atoms with Crippen molar-refractivity contribution in [3.63, 3.8) is 0 Å². The van der Waals surface area contributed by atoms with Crippen LogP contribution in [-0.4, -0.2) is 46.1 Å². The third-order valence-corrected chi connectivity index (χ3v) is 15.8. The molecule has 0 radical (unpaired) electrons. The van der Waals surface area contributed by atoms with E-state index >= 15 is 0 Å². The number of carbonyl (C=O) groups is 1. The Morgan fingerprint density at radius 2 is 0.577 bits per heavy atom. The minimum absolute atomic E-state index is 0.0198. The Morgan fingerprint density at radius 1 is 0.352 bits per heavy atom. The lowest BCUT2D eigenvalue weighted by Gasteiger charge is -2.21. The molecule has 0 fully saturated rings. The highest BCUT2D eigenvalue weighted by molar-refractivity contribution is 5.76. The molecule has 0 saturated heterocycles. The molecule has 0 heterocycles. The highest BCUT2D eigenvalue weighted by Crippen LogP contribution is 2.19. The third-order valence-electron chi connectivity index (χ3n) is 15.8. The van der Waals surface area contributed by atoms with E-state index in [9.17, 15) is 20.1 Å². The molecule has 3 unspecified atom stereocenters. The molecule has 4 N–H and O–H groups in total. The van der Waals surface area contributed by atoms with Crippen LogP contribution in [-0.2, 0) is 4.79 Å². The van der Waals surface area contributed by atoms with E-state index in [1.807, 2.05) is 6.08 Å². The summed E-state index contributed by atoms with van der Waals surface area (Å²) in [6.45, 7) is 4.27. The monoisotopic (exact) mass is 1000 g/mol. The normalized spacial score (nSPS) is 13.1. The molecular formula is C66H131NO4. The fourth-order valence-electron chi connectivity index (χ4n) is 10.8. The first-order valence-electron chi connectivity index (χ1n) is 33.0. The molecule has 0 aliphatic carbocycles. The molecule has 71 heavy (non-hydrogen) atoms. The van der Waals surface area contributed by atoms with Gasteiger partial charge in [0.05, 0.1) is 31.3 Å². The molecule has 0 aromatic rings. The zero-order valence-corrected chi connectivity index (χ0v) is 48.6. The maximum atomic E-state index is 12.6. The number of rotatable bonds is 62. The SMILES string of the molecule is CCCCCCCCCCCCCCCCCCCCCCC/C=C/C(O)C(CO)NC(=O)CC(O)CCCCCCCCCCCCCCCCCCCCCCCCCCCCCCCCCCC. The summed E-state index contributed by atoms with van der Waals surface area (Å²) in [5.74, 6) is -0.306. The van der Waals surface area contributed by atoms with E-state index in [1.165, 1.54) is 327 Å².